The van der Waals surface area contributed by atoms with Crippen molar-refractivity contribution in [1.82, 2.24) is 5.01 Å². The van der Waals surface area contributed by atoms with Crippen LogP contribution in [0.25, 0.3) is 0 Å². The van der Waals surface area contributed by atoms with Crippen molar-refractivity contribution >= 4 is 49.4 Å². The molecule has 1 aliphatic heterocycles. The van der Waals surface area contributed by atoms with Crippen molar-refractivity contribution < 1.29 is 14.7 Å². The monoisotopic (exact) mass is 478 g/mol. The first-order valence-corrected chi connectivity index (χ1v) is 9.65. The average molecular weight is 480 g/mol. The molecule has 0 spiro atoms. The van der Waals surface area contributed by atoms with E-state index in [4.69, 9.17) is 5.11 Å². The van der Waals surface area contributed by atoms with Crippen molar-refractivity contribution in [3.8, 4) is 0 Å². The summed E-state index contributed by atoms with van der Waals surface area (Å²) in [7, 11) is 0. The van der Waals surface area contributed by atoms with E-state index in [1.54, 1.807) is 0 Å². The summed E-state index contributed by atoms with van der Waals surface area (Å²) in [6.07, 6.45) is 0.313. The first kappa shape index (κ1) is 18.8. The summed E-state index contributed by atoms with van der Waals surface area (Å²) in [5, 5.41) is 14.8. The van der Waals surface area contributed by atoms with E-state index in [1.165, 1.54) is 5.01 Å². The van der Waals surface area contributed by atoms with Gasteiger partial charge in [-0.2, -0.15) is 5.10 Å². The van der Waals surface area contributed by atoms with Crippen LogP contribution in [0.2, 0.25) is 0 Å². The third kappa shape index (κ3) is 4.40. The van der Waals surface area contributed by atoms with Gasteiger partial charge in [0, 0.05) is 21.8 Å². The Hall–Kier alpha value is -1.99. The van der Waals surface area contributed by atoms with Crippen LogP contribution in [0.1, 0.15) is 36.4 Å². The van der Waals surface area contributed by atoms with Gasteiger partial charge in [0.15, 0.2) is 0 Å². The van der Waals surface area contributed by atoms with Gasteiger partial charge in [-0.1, -0.05) is 56.1 Å². The fraction of sp³-hybridized carbons (Fsp3) is 0.211. The fourth-order valence-electron chi connectivity index (χ4n) is 2.83. The Morgan fingerprint density at radius 1 is 1.00 bits per heavy atom. The number of carbonyl (C=O) groups excluding carboxylic acids is 1. The Morgan fingerprint density at radius 3 is 2.15 bits per heavy atom. The first-order valence-electron chi connectivity index (χ1n) is 8.07. The highest BCUT2D eigenvalue weighted by atomic mass is 79.9. The molecule has 2 aromatic carbocycles. The zero-order chi connectivity index (χ0) is 18.7. The SMILES string of the molecule is O=C(O)CCC(=O)N1N=C(c2ccc(Br)cc2)CC1c1ccc(Br)cc1. The van der Waals surface area contributed by atoms with Crippen LogP contribution in [0, 0.1) is 0 Å². The summed E-state index contributed by atoms with van der Waals surface area (Å²) in [6, 6.07) is 15.3. The maximum absolute atomic E-state index is 12.6. The second kappa shape index (κ2) is 8.14. The highest BCUT2D eigenvalue weighted by molar-refractivity contribution is 9.10. The van der Waals surface area contributed by atoms with E-state index in [2.05, 4.69) is 37.0 Å². The van der Waals surface area contributed by atoms with Gasteiger partial charge in [0.25, 0.3) is 0 Å². The number of rotatable bonds is 5. The maximum Gasteiger partial charge on any atom is 0.303 e. The molecule has 5 nitrogen and oxygen atoms in total. The van der Waals surface area contributed by atoms with Crippen LogP contribution in [0.3, 0.4) is 0 Å². The highest BCUT2D eigenvalue weighted by Gasteiger charge is 2.33. The van der Waals surface area contributed by atoms with Crippen molar-refractivity contribution in [3.05, 3.63) is 68.6 Å². The third-order valence-electron chi connectivity index (χ3n) is 4.15. The number of carbonyl (C=O) groups is 2. The van der Waals surface area contributed by atoms with E-state index in [0.29, 0.717) is 6.42 Å². The molecule has 1 N–H and O–H groups in total. The standard InChI is InChI=1S/C19H16Br2N2O3/c20-14-5-1-12(2-6-14)16-11-17(13-3-7-15(21)8-4-13)23(22-16)18(24)9-10-19(25)26/h1-8,17H,9-11H2,(H,25,26). The number of benzene rings is 2. The van der Waals surface area contributed by atoms with Crippen LogP contribution in [0.5, 0.6) is 0 Å². The lowest BCUT2D eigenvalue weighted by Gasteiger charge is -2.22. The maximum atomic E-state index is 12.6. The lowest BCUT2D eigenvalue weighted by molar-refractivity contribution is -0.141. The van der Waals surface area contributed by atoms with Crippen molar-refractivity contribution in [2.45, 2.75) is 25.3 Å². The van der Waals surface area contributed by atoms with Crippen molar-refractivity contribution in [3.63, 3.8) is 0 Å². The van der Waals surface area contributed by atoms with Gasteiger partial charge >= 0.3 is 5.97 Å². The zero-order valence-corrected chi connectivity index (χ0v) is 16.9. The summed E-state index contributed by atoms with van der Waals surface area (Å²) in [5.41, 5.74) is 2.73. The molecule has 7 heteroatoms. The van der Waals surface area contributed by atoms with Gasteiger partial charge in [-0.05, 0) is 35.4 Å². The molecule has 134 valence electrons. The molecule has 3 rings (SSSR count). The van der Waals surface area contributed by atoms with Crippen molar-refractivity contribution in [2.75, 3.05) is 0 Å². The number of carboxylic acids is 1. The Kier molecular flexibility index (Phi) is 5.88. The molecular formula is C19H16Br2N2O3. The van der Waals surface area contributed by atoms with Gasteiger partial charge in [0.2, 0.25) is 5.91 Å². The minimum atomic E-state index is -0.991. The van der Waals surface area contributed by atoms with E-state index in [9.17, 15) is 9.59 Å². The third-order valence-corrected chi connectivity index (χ3v) is 5.21. The lowest BCUT2D eigenvalue weighted by atomic mass is 9.98. The molecule has 0 bridgehead atoms. The smallest absolute Gasteiger partial charge is 0.303 e. The molecule has 0 saturated carbocycles. The largest absolute Gasteiger partial charge is 0.481 e. The number of hydrogen-bond donors (Lipinski definition) is 1. The average Bonchev–Trinajstić information content (AvgIpc) is 3.06. The number of hydrazone groups is 1. The molecule has 0 saturated heterocycles. The van der Waals surface area contributed by atoms with Gasteiger partial charge in [0.1, 0.15) is 0 Å². The molecule has 1 unspecified atom stereocenters. The molecule has 0 fully saturated rings. The quantitative estimate of drug-likeness (QED) is 0.672. The highest BCUT2D eigenvalue weighted by Crippen LogP contribution is 2.34. The summed E-state index contributed by atoms with van der Waals surface area (Å²) in [4.78, 5) is 23.4. The summed E-state index contributed by atoms with van der Waals surface area (Å²) < 4.78 is 1.93. The molecule has 2 aromatic rings. The predicted octanol–water partition coefficient (Wildman–Crippen LogP) is 4.75. The summed E-state index contributed by atoms with van der Waals surface area (Å²) >= 11 is 6.83. The van der Waals surface area contributed by atoms with Crippen LogP contribution in [-0.2, 0) is 9.59 Å². The topological polar surface area (TPSA) is 70.0 Å². The number of amides is 1. The molecule has 0 radical (unpaired) electrons. The minimum Gasteiger partial charge on any atom is -0.481 e. The van der Waals surface area contributed by atoms with Gasteiger partial charge in [-0.25, -0.2) is 5.01 Å². The van der Waals surface area contributed by atoms with Crippen molar-refractivity contribution in [1.29, 1.82) is 0 Å². The van der Waals surface area contributed by atoms with E-state index < -0.39 is 5.97 Å². The number of aliphatic carboxylic acids is 1. The Morgan fingerprint density at radius 2 is 1.58 bits per heavy atom. The van der Waals surface area contributed by atoms with Gasteiger partial charge < -0.3 is 5.11 Å². The summed E-state index contributed by atoms with van der Waals surface area (Å²) in [6.45, 7) is 0. The summed E-state index contributed by atoms with van der Waals surface area (Å²) in [5.74, 6) is -1.28. The molecule has 1 amide bonds. The molecule has 1 heterocycles. The molecule has 26 heavy (non-hydrogen) atoms. The number of halogens is 2. The van der Waals surface area contributed by atoms with Crippen LogP contribution in [-0.4, -0.2) is 27.7 Å². The van der Waals surface area contributed by atoms with Crippen LogP contribution in [0.15, 0.2) is 62.6 Å². The van der Waals surface area contributed by atoms with Gasteiger partial charge in [-0.15, -0.1) is 0 Å². The number of nitrogens with zero attached hydrogens (tertiary/aromatic N) is 2. The molecule has 1 aliphatic rings. The van der Waals surface area contributed by atoms with E-state index >= 15 is 0 Å². The second-order valence-corrected chi connectivity index (χ2v) is 7.79. The normalized spacial score (nSPS) is 16.5. The van der Waals surface area contributed by atoms with E-state index in [-0.39, 0.29) is 24.8 Å². The van der Waals surface area contributed by atoms with Crippen molar-refractivity contribution in [2.24, 2.45) is 5.10 Å². The Balaban J connectivity index is 1.89. The van der Waals surface area contributed by atoms with E-state index in [0.717, 1.165) is 25.8 Å². The van der Waals surface area contributed by atoms with Gasteiger partial charge in [0.05, 0.1) is 18.2 Å². The Bertz CT molecular complexity index is 848. The van der Waals surface area contributed by atoms with Crippen LogP contribution in [0.4, 0.5) is 0 Å². The fourth-order valence-corrected chi connectivity index (χ4v) is 3.36. The molecule has 0 aliphatic carbocycles. The van der Waals surface area contributed by atoms with E-state index in [1.807, 2.05) is 48.5 Å². The van der Waals surface area contributed by atoms with Crippen LogP contribution < -0.4 is 0 Å². The lowest BCUT2D eigenvalue weighted by Crippen LogP contribution is -2.27. The van der Waals surface area contributed by atoms with Crippen LogP contribution >= 0.6 is 31.9 Å². The zero-order valence-electron chi connectivity index (χ0n) is 13.7. The number of carboxylic acid groups (broad SMARTS) is 1. The Labute approximate surface area is 168 Å². The van der Waals surface area contributed by atoms with Gasteiger partial charge in [-0.3, -0.25) is 9.59 Å². The molecular weight excluding hydrogens is 464 g/mol. The molecule has 1 atom stereocenters. The minimum absolute atomic E-state index is 0.0700. The molecule has 0 aromatic heterocycles. The second-order valence-electron chi connectivity index (χ2n) is 5.96. The number of hydrogen-bond acceptors (Lipinski definition) is 3. The predicted molar refractivity (Wildman–Crippen MR) is 106 cm³/mol. The first-order chi connectivity index (χ1) is 12.4.